The Bertz CT molecular complexity index is 537. The van der Waals surface area contributed by atoms with Crippen LogP contribution in [0, 0.1) is 0 Å². The van der Waals surface area contributed by atoms with Crippen molar-refractivity contribution >= 4 is 0 Å². The third-order valence-corrected chi connectivity index (χ3v) is 4.38. The first-order valence-electron chi connectivity index (χ1n) is 8.96. The Morgan fingerprint density at radius 2 is 1.75 bits per heavy atom. The molecular formula is C20H34N2O2. The molecule has 1 aromatic rings. The maximum Gasteiger partial charge on any atom is 0.161 e. The molecule has 2 N–H and O–H groups in total. The molecule has 1 aliphatic rings. The minimum atomic E-state index is 0.141. The van der Waals surface area contributed by atoms with Crippen molar-refractivity contribution in [3.05, 3.63) is 23.8 Å². The smallest absolute Gasteiger partial charge is 0.161 e. The van der Waals surface area contributed by atoms with E-state index in [4.69, 9.17) is 9.47 Å². The van der Waals surface area contributed by atoms with Gasteiger partial charge < -0.3 is 20.1 Å². The van der Waals surface area contributed by atoms with Gasteiger partial charge in [-0.3, -0.25) is 0 Å². The zero-order chi connectivity index (χ0) is 18.0. The van der Waals surface area contributed by atoms with E-state index in [1.807, 2.05) is 19.9 Å². The van der Waals surface area contributed by atoms with Gasteiger partial charge in [0.15, 0.2) is 11.5 Å². The lowest BCUT2D eigenvalue weighted by atomic mass is 9.79. The van der Waals surface area contributed by atoms with Crippen LogP contribution in [0.25, 0.3) is 0 Å². The summed E-state index contributed by atoms with van der Waals surface area (Å²) in [6, 6.07) is 6.70. The summed E-state index contributed by atoms with van der Waals surface area (Å²) in [5.41, 5.74) is 1.54. The summed E-state index contributed by atoms with van der Waals surface area (Å²) in [6.45, 7) is 14.0. The van der Waals surface area contributed by atoms with Crippen molar-refractivity contribution in [1.29, 1.82) is 0 Å². The van der Waals surface area contributed by atoms with Crippen LogP contribution in [0.3, 0.4) is 0 Å². The van der Waals surface area contributed by atoms with Gasteiger partial charge in [0.2, 0.25) is 0 Å². The van der Waals surface area contributed by atoms with Gasteiger partial charge in [-0.25, -0.2) is 0 Å². The Labute approximate surface area is 147 Å². The van der Waals surface area contributed by atoms with Gasteiger partial charge in [-0.2, -0.15) is 0 Å². The van der Waals surface area contributed by atoms with Crippen molar-refractivity contribution in [2.75, 3.05) is 7.11 Å². The Morgan fingerprint density at radius 1 is 1.12 bits per heavy atom. The maximum absolute atomic E-state index is 5.79. The summed E-state index contributed by atoms with van der Waals surface area (Å²) in [7, 11) is 1.69. The third-order valence-electron chi connectivity index (χ3n) is 4.38. The summed E-state index contributed by atoms with van der Waals surface area (Å²) >= 11 is 0. The molecule has 0 aromatic heterocycles. The largest absolute Gasteiger partial charge is 0.493 e. The Hall–Kier alpha value is -1.26. The first kappa shape index (κ1) is 19.1. The van der Waals surface area contributed by atoms with Gasteiger partial charge in [0.25, 0.3) is 0 Å². The molecule has 1 saturated heterocycles. The highest BCUT2D eigenvalue weighted by molar-refractivity contribution is 5.43. The van der Waals surface area contributed by atoms with Crippen molar-refractivity contribution < 1.29 is 9.47 Å². The molecule has 0 atom stereocenters. The summed E-state index contributed by atoms with van der Waals surface area (Å²) in [6.07, 6.45) is 2.39. The fourth-order valence-corrected chi connectivity index (χ4v) is 3.90. The molecule has 1 fully saturated rings. The van der Waals surface area contributed by atoms with E-state index in [9.17, 15) is 0 Å². The standard InChI is InChI=1S/C20H34N2O2/c1-14(2)24-17-9-8-15(10-18(17)23-7)13-21-16-11-19(3,4)22-20(5,6)12-16/h8-10,14,16,21-22H,11-13H2,1-7H3. The number of benzene rings is 1. The van der Waals surface area contributed by atoms with Crippen LogP contribution >= 0.6 is 0 Å². The molecule has 0 aliphatic carbocycles. The van der Waals surface area contributed by atoms with Gasteiger partial charge in [-0.15, -0.1) is 0 Å². The number of hydrogen-bond donors (Lipinski definition) is 2. The van der Waals surface area contributed by atoms with Crippen LogP contribution < -0.4 is 20.1 Å². The van der Waals surface area contributed by atoms with E-state index in [1.165, 1.54) is 5.56 Å². The van der Waals surface area contributed by atoms with Crippen molar-refractivity contribution in [2.45, 2.75) is 84.2 Å². The van der Waals surface area contributed by atoms with E-state index in [2.05, 4.69) is 50.5 Å². The number of methoxy groups -OCH3 is 1. The molecule has 0 unspecified atom stereocenters. The molecule has 1 aromatic carbocycles. The van der Waals surface area contributed by atoms with E-state index in [0.29, 0.717) is 6.04 Å². The molecule has 0 spiro atoms. The molecule has 136 valence electrons. The van der Waals surface area contributed by atoms with Gasteiger partial charge in [0, 0.05) is 23.7 Å². The van der Waals surface area contributed by atoms with E-state index >= 15 is 0 Å². The molecule has 0 amide bonds. The molecule has 2 rings (SSSR count). The first-order chi connectivity index (χ1) is 11.1. The minimum absolute atomic E-state index is 0.141. The second-order valence-corrected chi connectivity index (χ2v) is 8.53. The predicted molar refractivity (Wildman–Crippen MR) is 99.9 cm³/mol. The van der Waals surface area contributed by atoms with Crippen molar-refractivity contribution in [3.63, 3.8) is 0 Å². The van der Waals surface area contributed by atoms with Crippen LogP contribution in [0.2, 0.25) is 0 Å². The molecule has 0 saturated carbocycles. The zero-order valence-corrected chi connectivity index (χ0v) is 16.3. The molecule has 0 radical (unpaired) electrons. The Balaban J connectivity index is 2.01. The van der Waals surface area contributed by atoms with Gasteiger partial charge in [0.05, 0.1) is 13.2 Å². The van der Waals surface area contributed by atoms with E-state index in [-0.39, 0.29) is 17.2 Å². The van der Waals surface area contributed by atoms with Gasteiger partial charge >= 0.3 is 0 Å². The van der Waals surface area contributed by atoms with Gasteiger partial charge in [-0.1, -0.05) is 6.07 Å². The summed E-state index contributed by atoms with van der Waals surface area (Å²) in [5, 5.41) is 7.45. The quantitative estimate of drug-likeness (QED) is 0.828. The number of rotatable bonds is 6. The highest BCUT2D eigenvalue weighted by Gasteiger charge is 2.37. The van der Waals surface area contributed by atoms with E-state index in [0.717, 1.165) is 30.9 Å². The normalized spacial score (nSPS) is 20.2. The minimum Gasteiger partial charge on any atom is -0.493 e. The van der Waals surface area contributed by atoms with Crippen molar-refractivity contribution in [2.24, 2.45) is 0 Å². The van der Waals surface area contributed by atoms with Crippen LogP contribution in [0.1, 0.15) is 59.9 Å². The molecular weight excluding hydrogens is 300 g/mol. The van der Waals surface area contributed by atoms with Gasteiger partial charge in [-0.05, 0) is 72.1 Å². The number of nitrogens with one attached hydrogen (secondary N) is 2. The van der Waals surface area contributed by atoms with Crippen molar-refractivity contribution in [1.82, 2.24) is 10.6 Å². The topological polar surface area (TPSA) is 42.5 Å². The van der Waals surface area contributed by atoms with E-state index in [1.54, 1.807) is 7.11 Å². The van der Waals surface area contributed by atoms with Gasteiger partial charge in [0.1, 0.15) is 0 Å². The predicted octanol–water partition coefficient (Wildman–Crippen LogP) is 3.88. The van der Waals surface area contributed by atoms with E-state index < -0.39 is 0 Å². The third kappa shape index (κ3) is 5.38. The fraction of sp³-hybridized carbons (Fsp3) is 0.700. The molecule has 0 bridgehead atoms. The second kappa shape index (κ2) is 7.32. The number of hydrogen-bond acceptors (Lipinski definition) is 4. The molecule has 4 nitrogen and oxygen atoms in total. The second-order valence-electron chi connectivity index (χ2n) is 8.53. The molecule has 4 heteroatoms. The SMILES string of the molecule is COc1cc(CNC2CC(C)(C)NC(C)(C)C2)ccc1OC(C)C. The monoisotopic (exact) mass is 334 g/mol. The Morgan fingerprint density at radius 3 is 2.29 bits per heavy atom. The number of ether oxygens (including phenoxy) is 2. The summed E-state index contributed by atoms with van der Waals surface area (Å²) in [4.78, 5) is 0. The lowest BCUT2D eigenvalue weighted by Crippen LogP contribution is -2.61. The highest BCUT2D eigenvalue weighted by atomic mass is 16.5. The summed E-state index contributed by atoms with van der Waals surface area (Å²) in [5.74, 6) is 1.61. The average molecular weight is 335 g/mol. The first-order valence-corrected chi connectivity index (χ1v) is 8.96. The lowest BCUT2D eigenvalue weighted by molar-refractivity contribution is 0.145. The van der Waals surface area contributed by atoms with Crippen LogP contribution in [-0.2, 0) is 6.54 Å². The highest BCUT2D eigenvalue weighted by Crippen LogP contribution is 2.30. The molecule has 24 heavy (non-hydrogen) atoms. The zero-order valence-electron chi connectivity index (χ0n) is 16.3. The van der Waals surface area contributed by atoms with Crippen LogP contribution in [0.4, 0.5) is 0 Å². The Kier molecular flexibility index (Phi) is 5.82. The van der Waals surface area contributed by atoms with Crippen LogP contribution in [-0.4, -0.2) is 30.3 Å². The van der Waals surface area contributed by atoms with Crippen LogP contribution in [0.5, 0.6) is 11.5 Å². The van der Waals surface area contributed by atoms with Crippen LogP contribution in [0.15, 0.2) is 18.2 Å². The molecule has 1 aliphatic heterocycles. The fourth-order valence-electron chi connectivity index (χ4n) is 3.90. The van der Waals surface area contributed by atoms with Crippen molar-refractivity contribution in [3.8, 4) is 11.5 Å². The summed E-state index contributed by atoms with van der Waals surface area (Å²) < 4.78 is 11.3. The maximum atomic E-state index is 5.79. The average Bonchev–Trinajstić information content (AvgIpc) is 2.42. The molecule has 1 heterocycles. The lowest BCUT2D eigenvalue weighted by Gasteiger charge is -2.46. The number of piperidine rings is 1.